The molecule has 1 atom stereocenters. The van der Waals surface area contributed by atoms with Crippen LogP contribution in [0.25, 0.3) is 0 Å². The van der Waals surface area contributed by atoms with Gasteiger partial charge in [-0.1, -0.05) is 18.2 Å². The molecule has 0 saturated carbocycles. The van der Waals surface area contributed by atoms with Gasteiger partial charge in [0.05, 0.1) is 19.1 Å². The van der Waals surface area contributed by atoms with Crippen molar-refractivity contribution in [2.45, 2.75) is 13.0 Å². The summed E-state index contributed by atoms with van der Waals surface area (Å²) in [6.45, 7) is 1.84. The summed E-state index contributed by atoms with van der Waals surface area (Å²) in [6.07, 6.45) is 1.27. The van der Waals surface area contributed by atoms with E-state index in [1.165, 1.54) is 38.6 Å². The Labute approximate surface area is 167 Å². The smallest absolute Gasteiger partial charge is 0.292 e. The molecule has 0 heterocycles. The molecule has 0 aliphatic heterocycles. The molecule has 0 saturated heterocycles. The summed E-state index contributed by atoms with van der Waals surface area (Å²) in [4.78, 5) is 22.8. The van der Waals surface area contributed by atoms with Gasteiger partial charge in [0.15, 0.2) is 11.5 Å². The van der Waals surface area contributed by atoms with Gasteiger partial charge < -0.3 is 20.1 Å². The molecule has 0 spiro atoms. The second-order valence-electron chi connectivity index (χ2n) is 5.90. The first kappa shape index (κ1) is 21.2. The Bertz CT molecular complexity index is 981. The van der Waals surface area contributed by atoms with Gasteiger partial charge in [-0.2, -0.15) is 5.26 Å². The summed E-state index contributed by atoms with van der Waals surface area (Å²) in [5.41, 5.74) is 0.368. The van der Waals surface area contributed by atoms with E-state index in [9.17, 15) is 20.2 Å². The minimum atomic E-state index is -0.756. The first-order valence-electron chi connectivity index (χ1n) is 8.54. The number of ether oxygens (including phenoxy) is 2. The Kier molecular flexibility index (Phi) is 7.14. The van der Waals surface area contributed by atoms with Crippen molar-refractivity contribution in [3.63, 3.8) is 0 Å². The Balaban J connectivity index is 2.15. The maximum absolute atomic E-state index is 12.4. The van der Waals surface area contributed by atoms with Gasteiger partial charge in [-0.15, -0.1) is 0 Å². The fourth-order valence-corrected chi connectivity index (χ4v) is 2.50. The van der Waals surface area contributed by atoms with E-state index in [2.05, 4.69) is 10.6 Å². The third kappa shape index (κ3) is 5.23. The molecule has 0 fully saturated rings. The standard InChI is InChI=1S/C20H20N4O5/c1-13(14-8-9-18(28-2)19(10-14)29-3)22-12-15(11-21)20(25)23-16-6-4-5-7-17(16)24(26)27/h4-10,12-13,22H,1-3H3,(H,23,25)/b15-12-. The molecule has 0 aliphatic carbocycles. The van der Waals surface area contributed by atoms with Crippen molar-refractivity contribution in [2.24, 2.45) is 0 Å². The second kappa shape index (κ2) is 9.75. The molecular weight excluding hydrogens is 376 g/mol. The van der Waals surface area contributed by atoms with Crippen LogP contribution in [0.1, 0.15) is 18.5 Å². The van der Waals surface area contributed by atoms with Crippen LogP contribution in [0.2, 0.25) is 0 Å². The molecule has 150 valence electrons. The van der Waals surface area contributed by atoms with Gasteiger partial charge in [-0.25, -0.2) is 0 Å². The summed E-state index contributed by atoms with van der Waals surface area (Å²) in [5, 5.41) is 25.7. The number of amides is 1. The highest BCUT2D eigenvalue weighted by Crippen LogP contribution is 2.30. The molecule has 29 heavy (non-hydrogen) atoms. The zero-order valence-electron chi connectivity index (χ0n) is 16.1. The van der Waals surface area contributed by atoms with Crippen molar-refractivity contribution in [1.82, 2.24) is 5.32 Å². The summed E-state index contributed by atoms with van der Waals surface area (Å²) in [6, 6.07) is 12.6. The van der Waals surface area contributed by atoms with Gasteiger partial charge in [0, 0.05) is 18.3 Å². The molecule has 0 aliphatic rings. The van der Waals surface area contributed by atoms with Gasteiger partial charge in [-0.05, 0) is 30.7 Å². The first-order chi connectivity index (χ1) is 13.9. The molecule has 2 N–H and O–H groups in total. The van der Waals surface area contributed by atoms with E-state index in [0.29, 0.717) is 11.5 Å². The molecule has 9 nitrogen and oxygen atoms in total. The molecule has 2 aromatic rings. The van der Waals surface area contributed by atoms with E-state index >= 15 is 0 Å². The van der Waals surface area contributed by atoms with E-state index in [0.717, 1.165) is 5.56 Å². The summed E-state index contributed by atoms with van der Waals surface area (Å²) >= 11 is 0. The molecular formula is C20H20N4O5. The number of carbonyl (C=O) groups is 1. The Morgan fingerprint density at radius 1 is 1.21 bits per heavy atom. The van der Waals surface area contributed by atoms with Crippen molar-refractivity contribution in [1.29, 1.82) is 5.26 Å². The SMILES string of the molecule is COc1ccc(C(C)N/C=C(/C#N)C(=O)Nc2ccccc2[N+](=O)[O-])cc1OC. The molecule has 9 heteroatoms. The molecule has 2 rings (SSSR count). The number of carbonyl (C=O) groups excluding carboxylic acids is 1. The maximum Gasteiger partial charge on any atom is 0.292 e. The summed E-state index contributed by atoms with van der Waals surface area (Å²) in [5.74, 6) is 0.381. The van der Waals surface area contributed by atoms with Crippen molar-refractivity contribution in [3.05, 3.63) is 69.9 Å². The van der Waals surface area contributed by atoms with Crippen LogP contribution in [-0.2, 0) is 4.79 Å². The monoisotopic (exact) mass is 396 g/mol. The molecule has 2 aromatic carbocycles. The van der Waals surface area contributed by atoms with Gasteiger partial charge in [0.25, 0.3) is 11.6 Å². The molecule has 0 bridgehead atoms. The fraction of sp³-hybridized carbons (Fsp3) is 0.200. The van der Waals surface area contributed by atoms with E-state index in [1.54, 1.807) is 24.3 Å². The molecule has 1 amide bonds. The molecule has 1 unspecified atom stereocenters. The van der Waals surface area contributed by atoms with Crippen molar-refractivity contribution in [2.75, 3.05) is 19.5 Å². The number of nitriles is 1. The van der Waals surface area contributed by atoms with Crippen LogP contribution in [0, 0.1) is 21.4 Å². The molecule has 0 aromatic heterocycles. The zero-order valence-corrected chi connectivity index (χ0v) is 16.1. The van der Waals surface area contributed by atoms with Crippen LogP contribution in [0.15, 0.2) is 54.2 Å². The van der Waals surface area contributed by atoms with Gasteiger partial charge in [0.2, 0.25) is 0 Å². The minimum absolute atomic E-state index is 0.0107. The largest absolute Gasteiger partial charge is 0.493 e. The van der Waals surface area contributed by atoms with Gasteiger partial charge in [-0.3, -0.25) is 14.9 Å². The Morgan fingerprint density at radius 3 is 2.52 bits per heavy atom. The van der Waals surface area contributed by atoms with Crippen LogP contribution < -0.4 is 20.1 Å². The summed E-state index contributed by atoms with van der Waals surface area (Å²) in [7, 11) is 3.07. The number of methoxy groups -OCH3 is 2. The average Bonchev–Trinajstić information content (AvgIpc) is 2.73. The van der Waals surface area contributed by atoms with E-state index in [4.69, 9.17) is 9.47 Å². The van der Waals surface area contributed by atoms with E-state index in [1.807, 2.05) is 13.0 Å². The zero-order chi connectivity index (χ0) is 21.4. The topological polar surface area (TPSA) is 127 Å². The highest BCUT2D eigenvalue weighted by atomic mass is 16.6. The lowest BCUT2D eigenvalue weighted by atomic mass is 10.1. The van der Waals surface area contributed by atoms with Crippen molar-refractivity contribution >= 4 is 17.3 Å². The lowest BCUT2D eigenvalue weighted by Crippen LogP contribution is -2.19. The lowest BCUT2D eigenvalue weighted by Gasteiger charge is -2.15. The van der Waals surface area contributed by atoms with Gasteiger partial charge >= 0.3 is 0 Å². The predicted molar refractivity (Wildman–Crippen MR) is 107 cm³/mol. The minimum Gasteiger partial charge on any atom is -0.493 e. The molecule has 0 radical (unpaired) electrons. The normalized spacial score (nSPS) is 11.7. The number of anilines is 1. The lowest BCUT2D eigenvalue weighted by molar-refractivity contribution is -0.383. The maximum atomic E-state index is 12.4. The number of hydrogen-bond acceptors (Lipinski definition) is 7. The van der Waals surface area contributed by atoms with Gasteiger partial charge in [0.1, 0.15) is 17.3 Å². The van der Waals surface area contributed by atoms with E-state index < -0.39 is 10.8 Å². The number of para-hydroxylation sites is 2. The highest BCUT2D eigenvalue weighted by Gasteiger charge is 2.17. The fourth-order valence-electron chi connectivity index (χ4n) is 2.50. The number of benzene rings is 2. The van der Waals surface area contributed by atoms with E-state index in [-0.39, 0.29) is 23.0 Å². The van der Waals surface area contributed by atoms with Crippen molar-refractivity contribution < 1.29 is 19.2 Å². The number of nitrogens with zero attached hydrogens (tertiary/aromatic N) is 2. The Morgan fingerprint density at radius 2 is 1.90 bits per heavy atom. The number of rotatable bonds is 8. The number of nitro benzene ring substituents is 1. The number of nitrogens with one attached hydrogen (secondary N) is 2. The van der Waals surface area contributed by atoms with Crippen molar-refractivity contribution in [3.8, 4) is 17.6 Å². The van der Waals surface area contributed by atoms with Crippen LogP contribution in [0.5, 0.6) is 11.5 Å². The van der Waals surface area contributed by atoms with Crippen LogP contribution >= 0.6 is 0 Å². The van der Waals surface area contributed by atoms with Crippen LogP contribution in [0.4, 0.5) is 11.4 Å². The van der Waals surface area contributed by atoms with Crippen LogP contribution in [-0.4, -0.2) is 25.1 Å². The van der Waals surface area contributed by atoms with Crippen LogP contribution in [0.3, 0.4) is 0 Å². The first-order valence-corrected chi connectivity index (χ1v) is 8.54. The quantitative estimate of drug-likeness (QED) is 0.303. The average molecular weight is 396 g/mol. The number of hydrogen-bond donors (Lipinski definition) is 2. The third-order valence-corrected chi connectivity index (χ3v) is 4.10. The highest BCUT2D eigenvalue weighted by molar-refractivity contribution is 6.07. The predicted octanol–water partition coefficient (Wildman–Crippen LogP) is 3.31. The Hall–Kier alpha value is -4.06. The number of nitro groups is 1. The second-order valence-corrected chi connectivity index (χ2v) is 5.90. The summed E-state index contributed by atoms with van der Waals surface area (Å²) < 4.78 is 10.5. The third-order valence-electron chi connectivity index (χ3n) is 4.10.